The Hall–Kier alpha value is -3.21. The molecule has 1 fully saturated rings. The van der Waals surface area contributed by atoms with E-state index in [4.69, 9.17) is 21.1 Å². The van der Waals surface area contributed by atoms with Gasteiger partial charge in [0.1, 0.15) is 17.2 Å². The van der Waals surface area contributed by atoms with Gasteiger partial charge in [-0.15, -0.1) is 0 Å². The summed E-state index contributed by atoms with van der Waals surface area (Å²) in [5.74, 6) is 0.0320. The van der Waals surface area contributed by atoms with Crippen LogP contribution in [0.1, 0.15) is 18.4 Å². The third-order valence-corrected chi connectivity index (χ3v) is 5.73. The molecule has 1 heterocycles. The molecule has 2 aromatic rings. The second-order valence-corrected chi connectivity index (χ2v) is 7.80. The molecule has 0 saturated carbocycles. The molecule has 0 radical (unpaired) electrons. The third-order valence-electron chi connectivity index (χ3n) is 5.44. The van der Waals surface area contributed by atoms with Crippen LogP contribution in [0.4, 0.5) is 30.2 Å². The molecule has 1 saturated heterocycles. The lowest BCUT2D eigenvalue weighted by atomic mass is 9.95. The number of ether oxygens (including phenoxy) is 2. The molecule has 0 unspecified atom stereocenters. The number of benzene rings is 2. The first-order valence-electron chi connectivity index (χ1n) is 9.88. The Labute approximate surface area is 192 Å². The van der Waals surface area contributed by atoms with Crippen LogP contribution in [0.3, 0.4) is 0 Å². The van der Waals surface area contributed by atoms with Gasteiger partial charge in [-0.25, -0.2) is 0 Å². The Kier molecular flexibility index (Phi) is 7.21. The number of halogens is 4. The van der Waals surface area contributed by atoms with Gasteiger partial charge in [-0.05, 0) is 25.0 Å². The van der Waals surface area contributed by atoms with Crippen LogP contribution in [0.2, 0.25) is 5.02 Å². The lowest BCUT2D eigenvalue weighted by molar-refractivity contribution is -0.384. The smallest absolute Gasteiger partial charge is 0.416 e. The summed E-state index contributed by atoms with van der Waals surface area (Å²) in [5, 5.41) is 14.5. The van der Waals surface area contributed by atoms with Gasteiger partial charge in [0.2, 0.25) is 5.91 Å². The normalized spacial score (nSPS) is 14.7. The molecule has 1 aliphatic rings. The molecule has 0 spiro atoms. The van der Waals surface area contributed by atoms with E-state index in [1.807, 2.05) is 0 Å². The van der Waals surface area contributed by atoms with Crippen molar-refractivity contribution < 1.29 is 32.4 Å². The molecular formula is C21H21ClF3N3O5. The van der Waals surface area contributed by atoms with E-state index in [0.717, 1.165) is 12.1 Å². The van der Waals surface area contributed by atoms with Crippen molar-refractivity contribution in [3.63, 3.8) is 0 Å². The minimum Gasteiger partial charge on any atom is -0.495 e. The SMILES string of the molecule is COc1cc(NC(=O)C2CCN(c3ccc(C(F)(F)F)cc3[N+](=O)[O-])CC2)c(OC)cc1Cl. The van der Waals surface area contributed by atoms with Gasteiger partial charge >= 0.3 is 6.18 Å². The fraction of sp³-hybridized carbons (Fsp3) is 0.381. The van der Waals surface area contributed by atoms with Crippen molar-refractivity contribution in [1.29, 1.82) is 0 Å². The molecule has 0 bridgehead atoms. The highest BCUT2D eigenvalue weighted by atomic mass is 35.5. The van der Waals surface area contributed by atoms with Crippen LogP contribution < -0.4 is 19.7 Å². The molecule has 33 heavy (non-hydrogen) atoms. The molecule has 0 aromatic heterocycles. The summed E-state index contributed by atoms with van der Waals surface area (Å²) in [6, 6.07) is 5.52. The molecule has 0 aliphatic carbocycles. The molecule has 1 aliphatic heterocycles. The van der Waals surface area contributed by atoms with Crippen molar-refractivity contribution in [3.8, 4) is 11.5 Å². The molecule has 12 heteroatoms. The van der Waals surface area contributed by atoms with Gasteiger partial charge < -0.3 is 19.7 Å². The number of hydrogen-bond donors (Lipinski definition) is 1. The minimum absolute atomic E-state index is 0.0935. The maximum Gasteiger partial charge on any atom is 0.416 e. The monoisotopic (exact) mass is 487 g/mol. The Morgan fingerprint density at radius 3 is 2.33 bits per heavy atom. The summed E-state index contributed by atoms with van der Waals surface area (Å²) in [6.07, 6.45) is -3.96. The zero-order chi connectivity index (χ0) is 24.3. The lowest BCUT2D eigenvalue weighted by Crippen LogP contribution is -2.38. The molecular weight excluding hydrogens is 467 g/mol. The standard InChI is InChI=1S/C21H21ClF3N3O5/c1-32-18-11-15(19(33-2)10-14(18)22)26-20(29)12-5-7-27(8-6-12)16-4-3-13(21(23,24)25)9-17(16)28(30)31/h3-4,9-12H,5-8H2,1-2H3,(H,26,29). The molecule has 178 valence electrons. The molecule has 8 nitrogen and oxygen atoms in total. The summed E-state index contributed by atoms with van der Waals surface area (Å²) >= 11 is 6.08. The van der Waals surface area contributed by atoms with E-state index in [-0.39, 0.29) is 24.7 Å². The highest BCUT2D eigenvalue weighted by Crippen LogP contribution is 2.39. The quantitative estimate of drug-likeness (QED) is 0.448. The topological polar surface area (TPSA) is 93.9 Å². The fourth-order valence-electron chi connectivity index (χ4n) is 3.69. The summed E-state index contributed by atoms with van der Waals surface area (Å²) in [4.78, 5) is 25.0. The van der Waals surface area contributed by atoms with E-state index in [1.165, 1.54) is 20.3 Å². The lowest BCUT2D eigenvalue weighted by Gasteiger charge is -2.32. The fourth-order valence-corrected chi connectivity index (χ4v) is 3.92. The zero-order valence-electron chi connectivity index (χ0n) is 17.7. The highest BCUT2D eigenvalue weighted by Gasteiger charge is 2.35. The Bertz CT molecular complexity index is 1060. The third kappa shape index (κ3) is 5.41. The van der Waals surface area contributed by atoms with Crippen LogP contribution in [0.25, 0.3) is 0 Å². The first-order valence-corrected chi connectivity index (χ1v) is 10.3. The van der Waals surface area contributed by atoms with Crippen LogP contribution >= 0.6 is 11.6 Å². The number of hydrogen-bond acceptors (Lipinski definition) is 6. The molecule has 2 aromatic carbocycles. The van der Waals surface area contributed by atoms with Gasteiger partial charge in [-0.3, -0.25) is 14.9 Å². The van der Waals surface area contributed by atoms with E-state index in [9.17, 15) is 28.1 Å². The first kappa shape index (κ1) is 24.4. The molecule has 3 rings (SSSR count). The summed E-state index contributed by atoms with van der Waals surface area (Å²) in [6.45, 7) is 0.538. The van der Waals surface area contributed by atoms with Gasteiger partial charge in [0.25, 0.3) is 5.69 Å². The number of carbonyl (C=O) groups is 1. The number of piperidine rings is 1. The molecule has 1 N–H and O–H groups in total. The number of alkyl halides is 3. The van der Waals surface area contributed by atoms with Crippen LogP contribution in [-0.2, 0) is 11.0 Å². The van der Waals surface area contributed by atoms with Crippen LogP contribution in [-0.4, -0.2) is 38.1 Å². The summed E-state index contributed by atoms with van der Waals surface area (Å²) in [7, 11) is 2.87. The number of nitro benzene ring substituents is 1. The number of nitrogens with one attached hydrogen (secondary N) is 1. The van der Waals surface area contributed by atoms with Crippen LogP contribution in [0, 0.1) is 16.0 Å². The van der Waals surface area contributed by atoms with Gasteiger partial charge in [-0.1, -0.05) is 11.6 Å². The van der Waals surface area contributed by atoms with E-state index < -0.39 is 28.3 Å². The van der Waals surface area contributed by atoms with Gasteiger partial charge in [0, 0.05) is 37.2 Å². The van der Waals surface area contributed by atoms with E-state index >= 15 is 0 Å². The van der Waals surface area contributed by atoms with E-state index in [0.29, 0.717) is 41.1 Å². The van der Waals surface area contributed by atoms with Crippen molar-refractivity contribution in [2.45, 2.75) is 19.0 Å². The Balaban J connectivity index is 1.72. The Morgan fingerprint density at radius 2 is 1.79 bits per heavy atom. The van der Waals surface area contributed by atoms with E-state index in [2.05, 4.69) is 5.32 Å². The van der Waals surface area contributed by atoms with Crippen molar-refractivity contribution >= 4 is 34.6 Å². The maximum absolute atomic E-state index is 12.9. The number of carbonyl (C=O) groups excluding carboxylic acids is 1. The second kappa shape index (κ2) is 9.74. The molecule has 0 atom stereocenters. The number of rotatable bonds is 6. The van der Waals surface area contributed by atoms with Gasteiger partial charge in [0.05, 0.1) is 35.4 Å². The number of methoxy groups -OCH3 is 2. The Morgan fingerprint density at radius 1 is 1.15 bits per heavy atom. The summed E-state index contributed by atoms with van der Waals surface area (Å²) in [5.41, 5.74) is -1.23. The van der Waals surface area contributed by atoms with Gasteiger partial charge in [0.15, 0.2) is 0 Å². The second-order valence-electron chi connectivity index (χ2n) is 7.40. The van der Waals surface area contributed by atoms with Crippen LogP contribution in [0.15, 0.2) is 30.3 Å². The van der Waals surface area contributed by atoms with Crippen molar-refractivity contribution in [3.05, 3.63) is 51.0 Å². The highest BCUT2D eigenvalue weighted by molar-refractivity contribution is 6.32. The van der Waals surface area contributed by atoms with Gasteiger partial charge in [-0.2, -0.15) is 13.2 Å². The minimum atomic E-state index is -4.68. The number of nitro groups is 1. The van der Waals surface area contributed by atoms with E-state index in [1.54, 1.807) is 11.0 Å². The predicted molar refractivity (Wildman–Crippen MR) is 116 cm³/mol. The number of nitrogens with zero attached hydrogens (tertiary/aromatic N) is 2. The van der Waals surface area contributed by atoms with Crippen LogP contribution in [0.5, 0.6) is 11.5 Å². The largest absolute Gasteiger partial charge is 0.495 e. The van der Waals surface area contributed by atoms with Crippen molar-refractivity contribution in [2.24, 2.45) is 5.92 Å². The summed E-state index contributed by atoms with van der Waals surface area (Å²) < 4.78 is 49.2. The first-order chi connectivity index (χ1) is 15.5. The average molecular weight is 488 g/mol. The van der Waals surface area contributed by atoms with Crippen molar-refractivity contribution in [1.82, 2.24) is 0 Å². The number of anilines is 2. The molecule has 1 amide bonds. The average Bonchev–Trinajstić information content (AvgIpc) is 2.78. The maximum atomic E-state index is 12.9. The number of amides is 1. The predicted octanol–water partition coefficient (Wildman–Crippen LogP) is 5.14. The zero-order valence-corrected chi connectivity index (χ0v) is 18.5. The van der Waals surface area contributed by atoms with Crippen molar-refractivity contribution in [2.75, 3.05) is 37.5 Å².